The molecule has 112 valence electrons. The minimum absolute atomic E-state index is 0.0469. The highest BCUT2D eigenvalue weighted by molar-refractivity contribution is 5.82. The molecule has 1 heterocycles. The maximum atomic E-state index is 10.8. The van der Waals surface area contributed by atoms with Gasteiger partial charge in [0.15, 0.2) is 0 Å². The number of ether oxygens (including phenoxy) is 1. The van der Waals surface area contributed by atoms with Crippen LogP contribution in [0.5, 0.6) is 5.88 Å². The first kappa shape index (κ1) is 14.9. The Morgan fingerprint density at radius 1 is 1.38 bits per heavy atom. The SMILES string of the molecule is CC(C)(O)COc1cc(NC(=O)O)n(-c2ccccc2)n1. The number of para-hydroxylation sites is 1. The molecule has 0 atom stereocenters. The summed E-state index contributed by atoms with van der Waals surface area (Å²) in [5, 5.41) is 25.0. The molecule has 0 saturated carbocycles. The number of hydrogen-bond donors (Lipinski definition) is 3. The second-order valence-corrected chi connectivity index (χ2v) is 5.15. The fourth-order valence-electron chi connectivity index (χ4n) is 1.65. The van der Waals surface area contributed by atoms with Crippen molar-refractivity contribution in [3.05, 3.63) is 36.4 Å². The normalized spacial score (nSPS) is 11.2. The summed E-state index contributed by atoms with van der Waals surface area (Å²) < 4.78 is 6.80. The second kappa shape index (κ2) is 5.84. The summed E-state index contributed by atoms with van der Waals surface area (Å²) in [5.74, 6) is 0.490. The summed E-state index contributed by atoms with van der Waals surface area (Å²) in [4.78, 5) is 10.8. The third kappa shape index (κ3) is 4.22. The molecule has 3 N–H and O–H groups in total. The number of aromatic nitrogens is 2. The Balaban J connectivity index is 2.29. The maximum absolute atomic E-state index is 10.8. The Morgan fingerprint density at radius 2 is 2.05 bits per heavy atom. The third-order valence-electron chi connectivity index (χ3n) is 2.50. The molecule has 21 heavy (non-hydrogen) atoms. The molecule has 0 aliphatic carbocycles. The molecule has 0 saturated heterocycles. The fraction of sp³-hybridized carbons (Fsp3) is 0.286. The number of hydrogen-bond acceptors (Lipinski definition) is 4. The van der Waals surface area contributed by atoms with E-state index in [2.05, 4.69) is 10.4 Å². The van der Waals surface area contributed by atoms with Crippen LogP contribution >= 0.6 is 0 Å². The first-order valence-corrected chi connectivity index (χ1v) is 6.36. The van der Waals surface area contributed by atoms with E-state index in [0.29, 0.717) is 5.69 Å². The molecule has 2 rings (SSSR count). The number of aliphatic hydroxyl groups is 1. The first-order chi connectivity index (χ1) is 9.85. The van der Waals surface area contributed by atoms with Crippen molar-refractivity contribution in [2.45, 2.75) is 19.4 Å². The lowest BCUT2D eigenvalue weighted by atomic mass is 10.2. The average molecular weight is 291 g/mol. The number of nitrogens with zero attached hydrogens (tertiary/aromatic N) is 2. The van der Waals surface area contributed by atoms with E-state index < -0.39 is 11.7 Å². The minimum atomic E-state index is -1.19. The van der Waals surface area contributed by atoms with Crippen LogP contribution in [-0.4, -0.2) is 38.3 Å². The molecule has 0 radical (unpaired) electrons. The lowest BCUT2D eigenvalue weighted by molar-refractivity contribution is 0.0267. The smallest absolute Gasteiger partial charge is 0.410 e. The van der Waals surface area contributed by atoms with E-state index in [-0.39, 0.29) is 18.3 Å². The van der Waals surface area contributed by atoms with Crippen molar-refractivity contribution in [2.75, 3.05) is 11.9 Å². The predicted octanol–water partition coefficient (Wildman–Crippen LogP) is 2.11. The molecular weight excluding hydrogens is 274 g/mol. The number of anilines is 1. The van der Waals surface area contributed by atoms with Gasteiger partial charge in [0.2, 0.25) is 5.88 Å². The average Bonchev–Trinajstić information content (AvgIpc) is 2.79. The van der Waals surface area contributed by atoms with Crippen LogP contribution in [0.2, 0.25) is 0 Å². The van der Waals surface area contributed by atoms with Gasteiger partial charge in [0, 0.05) is 6.07 Å². The summed E-state index contributed by atoms with van der Waals surface area (Å²) >= 11 is 0. The minimum Gasteiger partial charge on any atom is -0.474 e. The highest BCUT2D eigenvalue weighted by Crippen LogP contribution is 2.22. The van der Waals surface area contributed by atoms with Gasteiger partial charge in [-0.25, -0.2) is 9.48 Å². The Morgan fingerprint density at radius 3 is 2.62 bits per heavy atom. The maximum Gasteiger partial charge on any atom is 0.410 e. The Kier molecular flexibility index (Phi) is 4.13. The van der Waals surface area contributed by atoms with E-state index in [1.165, 1.54) is 10.7 Å². The standard InChI is InChI=1S/C14H17N3O4/c1-14(2,20)9-21-12-8-11(15-13(18)19)17(16-12)10-6-4-3-5-7-10/h3-8,15,20H,9H2,1-2H3,(H,18,19). The zero-order valence-electron chi connectivity index (χ0n) is 11.8. The fourth-order valence-corrected chi connectivity index (χ4v) is 1.65. The molecule has 7 nitrogen and oxygen atoms in total. The Labute approximate surface area is 121 Å². The van der Waals surface area contributed by atoms with Crippen LogP contribution in [0.4, 0.5) is 10.6 Å². The number of rotatable bonds is 5. The summed E-state index contributed by atoms with van der Waals surface area (Å²) in [6.45, 7) is 3.26. The number of nitrogens with one attached hydrogen (secondary N) is 1. The molecule has 0 fully saturated rings. The van der Waals surface area contributed by atoms with Gasteiger partial charge in [-0.2, -0.15) is 0 Å². The molecule has 2 aromatic rings. The zero-order valence-corrected chi connectivity index (χ0v) is 11.8. The van der Waals surface area contributed by atoms with E-state index in [1.807, 2.05) is 18.2 Å². The third-order valence-corrected chi connectivity index (χ3v) is 2.50. The van der Waals surface area contributed by atoms with Gasteiger partial charge in [-0.1, -0.05) is 18.2 Å². The molecule has 1 amide bonds. The molecule has 0 spiro atoms. The number of carboxylic acid groups (broad SMARTS) is 1. The molecule has 7 heteroatoms. The Hall–Kier alpha value is -2.54. The molecule has 0 unspecified atom stereocenters. The van der Waals surface area contributed by atoms with Crippen LogP contribution in [0, 0.1) is 0 Å². The van der Waals surface area contributed by atoms with Crippen LogP contribution in [-0.2, 0) is 0 Å². The number of carbonyl (C=O) groups is 1. The topological polar surface area (TPSA) is 96.6 Å². The first-order valence-electron chi connectivity index (χ1n) is 6.36. The molecule has 1 aromatic carbocycles. The summed E-state index contributed by atoms with van der Waals surface area (Å²) in [5.41, 5.74) is -0.309. The second-order valence-electron chi connectivity index (χ2n) is 5.15. The summed E-state index contributed by atoms with van der Waals surface area (Å²) in [6, 6.07) is 10.5. The highest BCUT2D eigenvalue weighted by Gasteiger charge is 2.17. The number of amides is 1. The van der Waals surface area contributed by atoms with E-state index in [0.717, 1.165) is 0 Å². The lowest BCUT2D eigenvalue weighted by Crippen LogP contribution is -2.28. The Bertz CT molecular complexity index is 617. The van der Waals surface area contributed by atoms with E-state index >= 15 is 0 Å². The van der Waals surface area contributed by atoms with Crippen molar-refractivity contribution in [1.29, 1.82) is 0 Å². The van der Waals surface area contributed by atoms with Gasteiger partial charge in [0.05, 0.1) is 11.3 Å². The quantitative estimate of drug-likeness (QED) is 0.784. The highest BCUT2D eigenvalue weighted by atomic mass is 16.5. The number of benzene rings is 1. The lowest BCUT2D eigenvalue weighted by Gasteiger charge is -2.16. The summed E-state index contributed by atoms with van der Waals surface area (Å²) in [7, 11) is 0. The molecule has 0 aliphatic heterocycles. The van der Waals surface area contributed by atoms with Gasteiger partial charge in [-0.05, 0) is 26.0 Å². The van der Waals surface area contributed by atoms with Crippen molar-refractivity contribution < 1.29 is 19.7 Å². The van der Waals surface area contributed by atoms with Crippen molar-refractivity contribution in [1.82, 2.24) is 9.78 Å². The zero-order chi connectivity index (χ0) is 15.5. The van der Waals surface area contributed by atoms with Gasteiger partial charge in [-0.15, -0.1) is 5.10 Å². The van der Waals surface area contributed by atoms with E-state index in [9.17, 15) is 9.90 Å². The van der Waals surface area contributed by atoms with Crippen LogP contribution < -0.4 is 10.1 Å². The van der Waals surface area contributed by atoms with Crippen molar-refractivity contribution >= 4 is 11.9 Å². The van der Waals surface area contributed by atoms with Crippen molar-refractivity contribution in [3.63, 3.8) is 0 Å². The molecule has 1 aromatic heterocycles. The van der Waals surface area contributed by atoms with Gasteiger partial charge in [0.25, 0.3) is 0 Å². The van der Waals surface area contributed by atoms with Gasteiger partial charge < -0.3 is 14.9 Å². The van der Waals surface area contributed by atoms with Gasteiger partial charge >= 0.3 is 6.09 Å². The van der Waals surface area contributed by atoms with Crippen LogP contribution in [0.25, 0.3) is 5.69 Å². The van der Waals surface area contributed by atoms with Crippen molar-refractivity contribution in [2.24, 2.45) is 0 Å². The van der Waals surface area contributed by atoms with Gasteiger partial charge in [-0.3, -0.25) is 5.32 Å². The largest absolute Gasteiger partial charge is 0.474 e. The molecule has 0 aliphatic rings. The molecule has 0 bridgehead atoms. The van der Waals surface area contributed by atoms with Gasteiger partial charge in [0.1, 0.15) is 12.4 Å². The van der Waals surface area contributed by atoms with Crippen LogP contribution in [0.1, 0.15) is 13.8 Å². The molecular formula is C14H17N3O4. The predicted molar refractivity (Wildman–Crippen MR) is 77.0 cm³/mol. The van der Waals surface area contributed by atoms with Crippen LogP contribution in [0.15, 0.2) is 36.4 Å². The van der Waals surface area contributed by atoms with E-state index in [4.69, 9.17) is 9.84 Å². The van der Waals surface area contributed by atoms with Crippen molar-refractivity contribution in [3.8, 4) is 11.6 Å². The van der Waals surface area contributed by atoms with E-state index in [1.54, 1.807) is 26.0 Å². The van der Waals surface area contributed by atoms with Crippen LogP contribution in [0.3, 0.4) is 0 Å². The monoisotopic (exact) mass is 291 g/mol. The summed E-state index contributed by atoms with van der Waals surface area (Å²) in [6.07, 6.45) is -1.19.